The van der Waals surface area contributed by atoms with Crippen LogP contribution in [-0.2, 0) is 15.4 Å². The minimum absolute atomic E-state index is 0.0388. The third-order valence-corrected chi connectivity index (χ3v) is 8.13. The molecule has 8 nitrogen and oxygen atoms in total. The van der Waals surface area contributed by atoms with Crippen molar-refractivity contribution in [3.05, 3.63) is 72.2 Å². The van der Waals surface area contributed by atoms with Gasteiger partial charge in [-0.3, -0.25) is 0 Å². The first-order valence-corrected chi connectivity index (χ1v) is 12.9. The minimum Gasteiger partial charge on any atom is -0.337 e. The van der Waals surface area contributed by atoms with Crippen molar-refractivity contribution in [3.8, 4) is 11.3 Å². The number of anilines is 1. The highest BCUT2D eigenvalue weighted by Gasteiger charge is 2.30. The molecule has 0 atom stereocenters. The summed E-state index contributed by atoms with van der Waals surface area (Å²) in [7, 11) is -3.76. The number of piperazine rings is 1. The van der Waals surface area contributed by atoms with Gasteiger partial charge in [-0.25, -0.2) is 17.8 Å². The maximum atomic E-state index is 13.6. The van der Waals surface area contributed by atoms with Gasteiger partial charge in [0.05, 0.1) is 10.6 Å². The first kappa shape index (κ1) is 23.4. The fraction of sp³-hybridized carbons (Fsp3) is 0.320. The number of halogens is 1. The molecule has 182 valence electrons. The van der Waals surface area contributed by atoms with Crippen LogP contribution in [0, 0.1) is 5.82 Å². The predicted octanol–water partition coefficient (Wildman–Crippen LogP) is 3.74. The van der Waals surface area contributed by atoms with Gasteiger partial charge in [0.25, 0.3) is 5.78 Å². The van der Waals surface area contributed by atoms with E-state index in [1.54, 1.807) is 10.7 Å². The second-order valence-corrected chi connectivity index (χ2v) is 11.6. The Labute approximate surface area is 204 Å². The lowest BCUT2D eigenvalue weighted by atomic mass is 9.86. The zero-order valence-electron chi connectivity index (χ0n) is 19.9. The summed E-state index contributed by atoms with van der Waals surface area (Å²) in [5.41, 5.74) is 3.20. The van der Waals surface area contributed by atoms with Gasteiger partial charge >= 0.3 is 0 Å². The number of rotatable bonds is 4. The van der Waals surface area contributed by atoms with E-state index in [0.29, 0.717) is 24.8 Å². The number of hydrogen-bond donors (Lipinski definition) is 0. The van der Waals surface area contributed by atoms with Gasteiger partial charge in [0.1, 0.15) is 5.82 Å². The zero-order valence-corrected chi connectivity index (χ0v) is 20.7. The lowest BCUT2D eigenvalue weighted by Crippen LogP contribution is -2.49. The van der Waals surface area contributed by atoms with Gasteiger partial charge in [0.2, 0.25) is 16.0 Å². The van der Waals surface area contributed by atoms with Crippen LogP contribution in [0.2, 0.25) is 0 Å². The second kappa shape index (κ2) is 8.69. The molecular formula is C25H27FN6O2S. The van der Waals surface area contributed by atoms with Crippen molar-refractivity contribution in [2.45, 2.75) is 31.1 Å². The molecule has 0 bridgehead atoms. The fourth-order valence-corrected chi connectivity index (χ4v) is 5.64. The highest BCUT2D eigenvalue weighted by molar-refractivity contribution is 7.89. The summed E-state index contributed by atoms with van der Waals surface area (Å²) in [5.74, 6) is 0.404. The maximum absolute atomic E-state index is 13.6. The van der Waals surface area contributed by atoms with Crippen LogP contribution in [0.1, 0.15) is 26.3 Å². The summed E-state index contributed by atoms with van der Waals surface area (Å²) in [6.07, 6.45) is 1.71. The van der Waals surface area contributed by atoms with Gasteiger partial charge in [-0.05, 0) is 35.2 Å². The van der Waals surface area contributed by atoms with E-state index in [-0.39, 0.29) is 23.4 Å². The van der Waals surface area contributed by atoms with Gasteiger partial charge in [0, 0.05) is 37.9 Å². The number of sulfonamides is 1. The van der Waals surface area contributed by atoms with Crippen LogP contribution in [-0.4, -0.2) is 58.5 Å². The van der Waals surface area contributed by atoms with E-state index in [2.05, 4.69) is 55.0 Å². The highest BCUT2D eigenvalue weighted by Crippen LogP contribution is 2.27. The molecule has 35 heavy (non-hydrogen) atoms. The SMILES string of the molecule is CC(C)(C)c1ccc(-c2ccnc3nc(N4CCN(S(=O)(=O)c5cccc(F)c5)CC4)nn23)cc1. The summed E-state index contributed by atoms with van der Waals surface area (Å²) in [6.45, 7) is 7.88. The first-order chi connectivity index (χ1) is 16.6. The summed E-state index contributed by atoms with van der Waals surface area (Å²) in [5, 5.41) is 4.69. The molecule has 1 saturated heterocycles. The Kier molecular flexibility index (Phi) is 5.80. The quantitative estimate of drug-likeness (QED) is 0.430. The lowest BCUT2D eigenvalue weighted by molar-refractivity contribution is 0.382. The van der Waals surface area contributed by atoms with Crippen LogP contribution in [0.25, 0.3) is 17.0 Å². The highest BCUT2D eigenvalue weighted by atomic mass is 32.2. The molecule has 0 saturated carbocycles. The summed E-state index contributed by atoms with van der Waals surface area (Å²) in [4.78, 5) is 10.9. The minimum atomic E-state index is -3.76. The van der Waals surface area contributed by atoms with Crippen LogP contribution in [0.5, 0.6) is 0 Å². The van der Waals surface area contributed by atoms with E-state index in [9.17, 15) is 12.8 Å². The number of aromatic nitrogens is 4. The Bertz CT molecular complexity index is 1470. The molecule has 0 radical (unpaired) electrons. The van der Waals surface area contributed by atoms with Gasteiger partial charge < -0.3 is 4.90 Å². The molecule has 1 aliphatic heterocycles. The molecule has 2 aromatic heterocycles. The smallest absolute Gasteiger partial charge is 0.254 e. The third-order valence-electron chi connectivity index (χ3n) is 6.23. The molecule has 5 rings (SSSR count). The van der Waals surface area contributed by atoms with Crippen LogP contribution in [0.4, 0.5) is 10.3 Å². The van der Waals surface area contributed by atoms with Crippen molar-refractivity contribution in [1.82, 2.24) is 23.9 Å². The van der Waals surface area contributed by atoms with Gasteiger partial charge in [0.15, 0.2) is 0 Å². The topological polar surface area (TPSA) is 83.7 Å². The Hall–Kier alpha value is -3.37. The van der Waals surface area contributed by atoms with E-state index in [0.717, 1.165) is 17.3 Å². The number of hydrogen-bond acceptors (Lipinski definition) is 6. The van der Waals surface area contributed by atoms with Crippen molar-refractivity contribution in [2.24, 2.45) is 0 Å². The lowest BCUT2D eigenvalue weighted by Gasteiger charge is -2.33. The number of nitrogens with zero attached hydrogens (tertiary/aromatic N) is 6. The van der Waals surface area contributed by atoms with Gasteiger partial charge in [-0.15, -0.1) is 5.10 Å². The average Bonchev–Trinajstić information content (AvgIpc) is 3.28. The summed E-state index contributed by atoms with van der Waals surface area (Å²) in [6, 6.07) is 15.4. The van der Waals surface area contributed by atoms with E-state index in [1.807, 2.05) is 11.0 Å². The van der Waals surface area contributed by atoms with E-state index in [1.165, 1.54) is 28.1 Å². The van der Waals surface area contributed by atoms with Gasteiger partial charge in [-0.1, -0.05) is 51.1 Å². The van der Waals surface area contributed by atoms with Crippen LogP contribution >= 0.6 is 0 Å². The molecule has 4 aromatic rings. The zero-order chi connectivity index (χ0) is 24.8. The Balaban J connectivity index is 1.37. The number of benzene rings is 2. The normalized spacial score (nSPS) is 15.6. The van der Waals surface area contributed by atoms with Crippen molar-refractivity contribution < 1.29 is 12.8 Å². The summed E-state index contributed by atoms with van der Waals surface area (Å²) >= 11 is 0. The first-order valence-electron chi connectivity index (χ1n) is 11.5. The van der Waals surface area contributed by atoms with Crippen molar-refractivity contribution >= 4 is 21.7 Å². The third kappa shape index (κ3) is 4.51. The van der Waals surface area contributed by atoms with E-state index in [4.69, 9.17) is 5.10 Å². The molecule has 1 aliphatic rings. The molecule has 2 aromatic carbocycles. The van der Waals surface area contributed by atoms with Crippen LogP contribution < -0.4 is 4.90 Å². The molecule has 0 spiro atoms. The standard InChI is InChI=1S/C25H27FN6O2S/c1-25(2,3)19-9-7-18(8-10-19)22-11-12-27-23-28-24(29-32(22)23)30-13-15-31(16-14-30)35(33,34)21-6-4-5-20(26)17-21/h4-12,17H,13-16H2,1-3H3. The van der Waals surface area contributed by atoms with Crippen molar-refractivity contribution in [1.29, 1.82) is 0 Å². The fourth-order valence-electron chi connectivity index (χ4n) is 4.18. The largest absolute Gasteiger partial charge is 0.337 e. The maximum Gasteiger partial charge on any atom is 0.254 e. The molecular weight excluding hydrogens is 467 g/mol. The van der Waals surface area contributed by atoms with Gasteiger partial charge in [-0.2, -0.15) is 13.8 Å². The Morgan fingerprint density at radius 2 is 1.66 bits per heavy atom. The van der Waals surface area contributed by atoms with Crippen molar-refractivity contribution in [3.63, 3.8) is 0 Å². The molecule has 0 unspecified atom stereocenters. The molecule has 0 N–H and O–H groups in total. The second-order valence-electron chi connectivity index (χ2n) is 9.63. The molecule has 10 heteroatoms. The Morgan fingerprint density at radius 1 is 0.943 bits per heavy atom. The van der Waals surface area contributed by atoms with Crippen molar-refractivity contribution in [2.75, 3.05) is 31.1 Å². The monoisotopic (exact) mass is 494 g/mol. The predicted molar refractivity (Wildman–Crippen MR) is 132 cm³/mol. The molecule has 0 aliphatic carbocycles. The van der Waals surface area contributed by atoms with E-state index >= 15 is 0 Å². The molecule has 3 heterocycles. The summed E-state index contributed by atoms with van der Waals surface area (Å²) < 4.78 is 42.5. The van der Waals surface area contributed by atoms with E-state index < -0.39 is 15.8 Å². The Morgan fingerprint density at radius 3 is 2.31 bits per heavy atom. The van der Waals surface area contributed by atoms with Crippen LogP contribution in [0.15, 0.2) is 65.7 Å². The molecule has 1 fully saturated rings. The molecule has 0 amide bonds. The number of fused-ring (bicyclic) bond motifs is 1. The average molecular weight is 495 g/mol. The van der Waals surface area contributed by atoms with Crippen LogP contribution in [0.3, 0.4) is 0 Å².